The molecule has 0 heterocycles. The molecule has 0 saturated heterocycles. The molecule has 1 unspecified atom stereocenters. The van der Waals surface area contributed by atoms with Crippen molar-refractivity contribution in [3.63, 3.8) is 0 Å². The fourth-order valence-electron chi connectivity index (χ4n) is 2.11. The fourth-order valence-corrected chi connectivity index (χ4v) is 2.94. The molecule has 1 aromatic carbocycles. The molecule has 0 radical (unpaired) electrons. The number of rotatable bonds is 7. The number of hydrogen-bond donors (Lipinski definition) is 1. The summed E-state index contributed by atoms with van der Waals surface area (Å²) in [7, 11) is 0. The summed E-state index contributed by atoms with van der Waals surface area (Å²) in [5.41, 5.74) is 2.81. The van der Waals surface area contributed by atoms with Gasteiger partial charge in [0.1, 0.15) is 0 Å². The third-order valence-corrected chi connectivity index (χ3v) is 4.42. The maximum Gasteiger partial charge on any atom is 0.0185 e. The molecule has 1 aliphatic rings. The molecule has 1 N–H and O–H groups in total. The SMILES string of the molecule is Cc1cccc(CSCCNC(C)C2CC2)c1. The first-order valence-electron chi connectivity index (χ1n) is 6.62. The summed E-state index contributed by atoms with van der Waals surface area (Å²) in [5, 5.41) is 3.62. The first-order chi connectivity index (χ1) is 8.25. The van der Waals surface area contributed by atoms with Crippen molar-refractivity contribution < 1.29 is 0 Å². The smallest absolute Gasteiger partial charge is 0.0185 e. The molecular weight excluding hydrogens is 226 g/mol. The summed E-state index contributed by atoms with van der Waals surface area (Å²) in [6, 6.07) is 9.55. The van der Waals surface area contributed by atoms with Crippen molar-refractivity contribution in [1.82, 2.24) is 5.32 Å². The monoisotopic (exact) mass is 249 g/mol. The topological polar surface area (TPSA) is 12.0 Å². The van der Waals surface area contributed by atoms with Crippen molar-refractivity contribution >= 4 is 11.8 Å². The van der Waals surface area contributed by atoms with Crippen LogP contribution >= 0.6 is 11.8 Å². The number of benzene rings is 1. The quantitative estimate of drug-likeness (QED) is 0.741. The fraction of sp³-hybridized carbons (Fsp3) is 0.600. The molecule has 0 aromatic heterocycles. The summed E-state index contributed by atoms with van der Waals surface area (Å²) in [6.07, 6.45) is 2.87. The normalized spacial score (nSPS) is 17.1. The second kappa shape index (κ2) is 6.46. The molecule has 1 nitrogen and oxygen atoms in total. The first kappa shape index (κ1) is 13.0. The number of nitrogens with one attached hydrogen (secondary N) is 1. The second-order valence-corrected chi connectivity index (χ2v) is 6.23. The molecule has 1 aliphatic carbocycles. The van der Waals surface area contributed by atoms with Gasteiger partial charge in [0.05, 0.1) is 0 Å². The molecule has 94 valence electrons. The van der Waals surface area contributed by atoms with Crippen molar-refractivity contribution in [3.8, 4) is 0 Å². The van der Waals surface area contributed by atoms with Crippen LogP contribution < -0.4 is 5.32 Å². The van der Waals surface area contributed by atoms with Crippen LogP contribution in [0.15, 0.2) is 24.3 Å². The zero-order valence-corrected chi connectivity index (χ0v) is 11.7. The van der Waals surface area contributed by atoms with Gasteiger partial charge in [-0.15, -0.1) is 0 Å². The molecule has 1 fully saturated rings. The lowest BCUT2D eigenvalue weighted by Gasteiger charge is -2.12. The molecule has 2 heteroatoms. The van der Waals surface area contributed by atoms with E-state index in [0.717, 1.165) is 24.3 Å². The van der Waals surface area contributed by atoms with E-state index in [2.05, 4.69) is 43.4 Å². The third kappa shape index (κ3) is 4.72. The van der Waals surface area contributed by atoms with Crippen LogP contribution in [-0.4, -0.2) is 18.3 Å². The van der Waals surface area contributed by atoms with Crippen molar-refractivity contribution in [1.29, 1.82) is 0 Å². The molecular formula is C15H23NS. The highest BCUT2D eigenvalue weighted by molar-refractivity contribution is 7.98. The van der Waals surface area contributed by atoms with E-state index in [1.165, 1.54) is 29.7 Å². The molecule has 0 spiro atoms. The van der Waals surface area contributed by atoms with E-state index >= 15 is 0 Å². The van der Waals surface area contributed by atoms with E-state index in [4.69, 9.17) is 0 Å². The lowest BCUT2D eigenvalue weighted by molar-refractivity contribution is 0.514. The number of thioether (sulfide) groups is 1. The van der Waals surface area contributed by atoms with E-state index in [1.807, 2.05) is 11.8 Å². The van der Waals surface area contributed by atoms with Crippen molar-refractivity contribution in [2.75, 3.05) is 12.3 Å². The molecule has 0 bridgehead atoms. The minimum atomic E-state index is 0.731. The average Bonchev–Trinajstić information content (AvgIpc) is 3.12. The summed E-state index contributed by atoms with van der Waals surface area (Å²) in [5.74, 6) is 3.32. The van der Waals surface area contributed by atoms with Gasteiger partial charge in [0.15, 0.2) is 0 Å². The summed E-state index contributed by atoms with van der Waals surface area (Å²) >= 11 is 2.03. The van der Waals surface area contributed by atoms with Gasteiger partial charge in [-0.1, -0.05) is 29.8 Å². The summed E-state index contributed by atoms with van der Waals surface area (Å²) in [4.78, 5) is 0. The molecule has 0 amide bonds. The Morgan fingerprint density at radius 2 is 2.24 bits per heavy atom. The van der Waals surface area contributed by atoms with Gasteiger partial charge in [0, 0.05) is 24.1 Å². The lowest BCUT2D eigenvalue weighted by atomic mass is 10.2. The van der Waals surface area contributed by atoms with E-state index in [1.54, 1.807) is 0 Å². The molecule has 1 atom stereocenters. The standard InChI is InChI=1S/C15H23NS/c1-12-4-3-5-14(10-12)11-17-9-8-16-13(2)15-6-7-15/h3-5,10,13,15-16H,6-9,11H2,1-2H3. The predicted octanol–water partition coefficient (Wildman–Crippen LogP) is 3.62. The summed E-state index contributed by atoms with van der Waals surface area (Å²) in [6.45, 7) is 5.63. The molecule has 1 saturated carbocycles. The van der Waals surface area contributed by atoms with Gasteiger partial charge in [-0.25, -0.2) is 0 Å². The Balaban J connectivity index is 1.56. The average molecular weight is 249 g/mol. The van der Waals surface area contributed by atoms with Crippen molar-refractivity contribution in [2.24, 2.45) is 5.92 Å². The Labute approximate surface area is 109 Å². The third-order valence-electron chi connectivity index (χ3n) is 3.39. The van der Waals surface area contributed by atoms with Crippen LogP contribution in [0, 0.1) is 12.8 Å². The van der Waals surface area contributed by atoms with Gasteiger partial charge in [-0.2, -0.15) is 11.8 Å². The Hall–Kier alpha value is -0.470. The molecule has 2 rings (SSSR count). The van der Waals surface area contributed by atoms with Crippen LogP contribution in [0.3, 0.4) is 0 Å². The molecule has 1 aromatic rings. The summed E-state index contributed by atoms with van der Waals surface area (Å²) < 4.78 is 0. The highest BCUT2D eigenvalue weighted by Gasteiger charge is 2.26. The Bertz CT molecular complexity index is 347. The zero-order valence-electron chi connectivity index (χ0n) is 10.9. The van der Waals surface area contributed by atoms with Crippen LogP contribution in [-0.2, 0) is 5.75 Å². The van der Waals surface area contributed by atoms with Gasteiger partial charge in [0.25, 0.3) is 0 Å². The van der Waals surface area contributed by atoms with E-state index in [-0.39, 0.29) is 0 Å². The van der Waals surface area contributed by atoms with Gasteiger partial charge >= 0.3 is 0 Å². The van der Waals surface area contributed by atoms with Gasteiger partial charge in [-0.05, 0) is 38.2 Å². The second-order valence-electron chi connectivity index (χ2n) is 5.12. The van der Waals surface area contributed by atoms with Crippen LogP contribution in [0.1, 0.15) is 30.9 Å². The minimum absolute atomic E-state index is 0.731. The van der Waals surface area contributed by atoms with E-state index in [9.17, 15) is 0 Å². The van der Waals surface area contributed by atoms with Crippen LogP contribution in [0.5, 0.6) is 0 Å². The van der Waals surface area contributed by atoms with E-state index in [0.29, 0.717) is 0 Å². The predicted molar refractivity (Wildman–Crippen MR) is 77.5 cm³/mol. The van der Waals surface area contributed by atoms with Gasteiger partial charge in [0.2, 0.25) is 0 Å². The van der Waals surface area contributed by atoms with Crippen LogP contribution in [0.4, 0.5) is 0 Å². The van der Waals surface area contributed by atoms with Crippen molar-refractivity contribution in [2.45, 2.75) is 38.5 Å². The Kier molecular flexibility index (Phi) is 4.93. The number of hydrogen-bond acceptors (Lipinski definition) is 2. The van der Waals surface area contributed by atoms with Gasteiger partial charge < -0.3 is 5.32 Å². The first-order valence-corrected chi connectivity index (χ1v) is 7.78. The minimum Gasteiger partial charge on any atom is -0.313 e. The molecule has 17 heavy (non-hydrogen) atoms. The Morgan fingerprint density at radius 3 is 2.94 bits per heavy atom. The highest BCUT2D eigenvalue weighted by atomic mass is 32.2. The van der Waals surface area contributed by atoms with Gasteiger partial charge in [-0.3, -0.25) is 0 Å². The van der Waals surface area contributed by atoms with Crippen LogP contribution in [0.25, 0.3) is 0 Å². The highest BCUT2D eigenvalue weighted by Crippen LogP contribution is 2.32. The maximum absolute atomic E-state index is 3.62. The van der Waals surface area contributed by atoms with Crippen LogP contribution in [0.2, 0.25) is 0 Å². The Morgan fingerprint density at radius 1 is 1.41 bits per heavy atom. The largest absolute Gasteiger partial charge is 0.313 e. The molecule has 0 aliphatic heterocycles. The lowest BCUT2D eigenvalue weighted by Crippen LogP contribution is -2.29. The zero-order chi connectivity index (χ0) is 12.1. The number of aryl methyl sites for hydroxylation is 1. The van der Waals surface area contributed by atoms with E-state index < -0.39 is 0 Å². The van der Waals surface area contributed by atoms with Crippen molar-refractivity contribution in [3.05, 3.63) is 35.4 Å². The maximum atomic E-state index is 3.62.